The number of aliphatic hydroxyl groups is 1. The lowest BCUT2D eigenvalue weighted by Gasteiger charge is -2.34. The van der Waals surface area contributed by atoms with Crippen LogP contribution in [0.5, 0.6) is 0 Å². The Hall–Kier alpha value is -3.68. The van der Waals surface area contributed by atoms with E-state index in [0.29, 0.717) is 17.7 Å². The minimum absolute atomic E-state index is 0.0409. The van der Waals surface area contributed by atoms with Crippen LogP contribution in [0.2, 0.25) is 0 Å². The molecular formula is C24H34N6O7. The molecular weight excluding hydrogens is 484 g/mol. The molecule has 1 unspecified atom stereocenters. The molecule has 0 saturated carbocycles. The quantitative estimate of drug-likeness (QED) is 0.163. The van der Waals surface area contributed by atoms with Crippen LogP contribution in [0, 0.1) is 16.0 Å². The van der Waals surface area contributed by atoms with Gasteiger partial charge < -0.3 is 26.3 Å². The summed E-state index contributed by atoms with van der Waals surface area (Å²) in [6.07, 6.45) is 1.60. The molecule has 2 aromatic rings. The topological polar surface area (TPSA) is 208 Å². The van der Waals surface area contributed by atoms with Gasteiger partial charge in [0.05, 0.1) is 36.9 Å². The van der Waals surface area contributed by atoms with Crippen molar-refractivity contribution < 1.29 is 29.2 Å². The summed E-state index contributed by atoms with van der Waals surface area (Å²) in [6.45, 7) is 3.50. The number of benzene rings is 1. The van der Waals surface area contributed by atoms with E-state index in [1.807, 2.05) is 0 Å². The van der Waals surface area contributed by atoms with Crippen molar-refractivity contribution in [2.45, 2.75) is 63.8 Å². The molecule has 37 heavy (non-hydrogen) atoms. The van der Waals surface area contributed by atoms with Crippen LogP contribution in [0.1, 0.15) is 37.9 Å². The fourth-order valence-electron chi connectivity index (χ4n) is 3.84. The van der Waals surface area contributed by atoms with Gasteiger partial charge in [-0.1, -0.05) is 32.4 Å². The number of imide groups is 1. The van der Waals surface area contributed by atoms with Gasteiger partial charge in [0.25, 0.3) is 5.69 Å². The van der Waals surface area contributed by atoms with E-state index < -0.39 is 59.3 Å². The van der Waals surface area contributed by atoms with Crippen LogP contribution >= 0.6 is 0 Å². The number of nitrogens with zero attached hydrogens (tertiary/aromatic N) is 3. The minimum Gasteiger partial charge on any atom is -0.467 e. The number of nitro benzene ring substituents is 1. The maximum Gasteiger partial charge on any atom is 0.329 e. The Balaban J connectivity index is 2.24. The van der Waals surface area contributed by atoms with E-state index in [9.17, 15) is 29.6 Å². The molecule has 1 heterocycles. The number of non-ortho nitro benzene ring substituents is 1. The summed E-state index contributed by atoms with van der Waals surface area (Å²) in [6, 6.07) is 2.29. The zero-order valence-corrected chi connectivity index (χ0v) is 21.1. The number of amides is 2. The highest BCUT2D eigenvalue weighted by molar-refractivity contribution is 6.01. The summed E-state index contributed by atoms with van der Waals surface area (Å²) in [5, 5.41) is 21.5. The Morgan fingerprint density at radius 2 is 1.86 bits per heavy atom. The second kappa shape index (κ2) is 13.6. The normalized spacial score (nSPS) is 15.2. The first-order chi connectivity index (χ1) is 17.5. The van der Waals surface area contributed by atoms with Gasteiger partial charge in [0.2, 0.25) is 11.8 Å². The van der Waals surface area contributed by atoms with Crippen LogP contribution in [-0.2, 0) is 32.0 Å². The highest BCUT2D eigenvalue weighted by atomic mass is 16.6. The zero-order chi connectivity index (χ0) is 27.7. The van der Waals surface area contributed by atoms with E-state index in [1.54, 1.807) is 13.8 Å². The van der Waals surface area contributed by atoms with Crippen molar-refractivity contribution in [3.05, 3.63) is 58.2 Å². The van der Waals surface area contributed by atoms with Crippen molar-refractivity contribution in [1.82, 2.24) is 14.9 Å². The summed E-state index contributed by atoms with van der Waals surface area (Å²) in [5.41, 5.74) is 13.3. The van der Waals surface area contributed by atoms with Crippen LogP contribution in [0.15, 0.2) is 36.8 Å². The number of ether oxygens (including phenoxy) is 1. The number of carbonyl (C=O) groups is 3. The zero-order valence-electron chi connectivity index (χ0n) is 21.1. The monoisotopic (exact) mass is 518 g/mol. The number of rotatable bonds is 13. The molecule has 0 spiro atoms. The van der Waals surface area contributed by atoms with E-state index in [-0.39, 0.29) is 18.5 Å². The first kappa shape index (κ1) is 29.5. The molecule has 0 saturated heterocycles. The smallest absolute Gasteiger partial charge is 0.329 e. The van der Waals surface area contributed by atoms with Crippen LogP contribution in [0.25, 0.3) is 0 Å². The summed E-state index contributed by atoms with van der Waals surface area (Å²) in [7, 11) is 1.16. The molecule has 2 rings (SSSR count). The highest BCUT2D eigenvalue weighted by Gasteiger charge is 2.41. The number of methoxy groups -OCH3 is 1. The number of carbonyl (C=O) groups excluding carboxylic acids is 3. The molecule has 2 amide bonds. The third-order valence-corrected chi connectivity index (χ3v) is 6.22. The molecule has 5 atom stereocenters. The lowest BCUT2D eigenvalue weighted by Crippen LogP contribution is -2.58. The maximum absolute atomic E-state index is 13.4. The van der Waals surface area contributed by atoms with Gasteiger partial charge in [-0.15, -0.1) is 0 Å². The van der Waals surface area contributed by atoms with Crippen LogP contribution in [-0.4, -0.2) is 74.0 Å². The molecule has 1 aromatic carbocycles. The molecule has 0 bridgehead atoms. The standard InChI is InChI=1S/C24H34N6O7/c1-4-14(2)22(24(34)37-3)29(23(33)19(26)10-16-12-27-13-28-16)21(32)11-20(31)18(25)9-15-5-7-17(8-6-15)30(35)36/h5-8,12-14,18-20,22,31H,4,9-11,25-26H2,1-3H3,(H,27,28)/t14-,18-,19-,20?,22-/m0/s1. The van der Waals surface area contributed by atoms with Gasteiger partial charge in [0.15, 0.2) is 0 Å². The van der Waals surface area contributed by atoms with Crippen molar-refractivity contribution in [2.75, 3.05) is 7.11 Å². The molecule has 0 aliphatic rings. The molecule has 0 aliphatic carbocycles. The number of aromatic nitrogens is 2. The van der Waals surface area contributed by atoms with E-state index >= 15 is 0 Å². The Labute approximate surface area is 214 Å². The molecule has 13 heteroatoms. The van der Waals surface area contributed by atoms with Crippen molar-refractivity contribution in [1.29, 1.82) is 0 Å². The lowest BCUT2D eigenvalue weighted by atomic mass is 9.94. The van der Waals surface area contributed by atoms with Gasteiger partial charge in [-0.3, -0.25) is 24.6 Å². The van der Waals surface area contributed by atoms with E-state index in [2.05, 4.69) is 9.97 Å². The number of H-pyrrole nitrogens is 1. The largest absolute Gasteiger partial charge is 0.467 e. The summed E-state index contributed by atoms with van der Waals surface area (Å²) >= 11 is 0. The second-order valence-electron chi connectivity index (χ2n) is 8.91. The fourth-order valence-corrected chi connectivity index (χ4v) is 3.84. The summed E-state index contributed by atoms with van der Waals surface area (Å²) in [5.74, 6) is -2.86. The molecule has 6 N–H and O–H groups in total. The highest BCUT2D eigenvalue weighted by Crippen LogP contribution is 2.21. The molecule has 0 fully saturated rings. The van der Waals surface area contributed by atoms with Crippen molar-refractivity contribution in [3.63, 3.8) is 0 Å². The minimum atomic E-state index is -1.38. The van der Waals surface area contributed by atoms with Crippen molar-refractivity contribution in [3.8, 4) is 0 Å². The first-order valence-electron chi connectivity index (χ1n) is 11.8. The number of esters is 1. The third kappa shape index (κ3) is 7.90. The molecule has 202 valence electrons. The van der Waals surface area contributed by atoms with Gasteiger partial charge >= 0.3 is 5.97 Å². The van der Waals surface area contributed by atoms with Gasteiger partial charge in [0, 0.05) is 36.5 Å². The van der Waals surface area contributed by atoms with Crippen molar-refractivity contribution in [2.24, 2.45) is 17.4 Å². The molecule has 0 radical (unpaired) electrons. The van der Waals surface area contributed by atoms with Crippen molar-refractivity contribution >= 4 is 23.5 Å². The average Bonchev–Trinajstić information content (AvgIpc) is 3.39. The lowest BCUT2D eigenvalue weighted by molar-refractivity contribution is -0.384. The fraction of sp³-hybridized carbons (Fsp3) is 0.500. The number of nitrogens with one attached hydrogen (secondary N) is 1. The third-order valence-electron chi connectivity index (χ3n) is 6.22. The van der Waals surface area contributed by atoms with E-state index in [1.165, 1.54) is 36.8 Å². The molecule has 0 aliphatic heterocycles. The van der Waals surface area contributed by atoms with Gasteiger partial charge in [-0.05, 0) is 17.9 Å². The number of aliphatic hydroxyl groups excluding tert-OH is 1. The van der Waals surface area contributed by atoms with Crippen LogP contribution < -0.4 is 11.5 Å². The molecule has 1 aromatic heterocycles. The van der Waals surface area contributed by atoms with Gasteiger partial charge in [-0.2, -0.15) is 0 Å². The number of imidazole rings is 1. The summed E-state index contributed by atoms with van der Waals surface area (Å²) < 4.78 is 4.88. The number of nitrogens with two attached hydrogens (primary N) is 2. The maximum atomic E-state index is 13.4. The van der Waals surface area contributed by atoms with Gasteiger partial charge in [-0.25, -0.2) is 9.78 Å². The SMILES string of the molecule is CC[C@H](C)[C@@H](C(=O)OC)N(C(=O)CC(O)[C@@H](N)Cc1ccc([N+](=O)[O-])cc1)C(=O)[C@@H](N)Cc1cnc[nH]1. The number of hydrogen-bond donors (Lipinski definition) is 4. The number of hydrogen-bond acceptors (Lipinski definition) is 10. The van der Waals surface area contributed by atoms with E-state index in [0.717, 1.165) is 12.0 Å². The number of nitro groups is 1. The van der Waals surface area contributed by atoms with Gasteiger partial charge in [0.1, 0.15) is 6.04 Å². The Morgan fingerprint density at radius 3 is 2.38 bits per heavy atom. The Morgan fingerprint density at radius 1 is 1.22 bits per heavy atom. The van der Waals surface area contributed by atoms with Crippen LogP contribution in [0.3, 0.4) is 0 Å². The summed E-state index contributed by atoms with van der Waals surface area (Å²) in [4.78, 5) is 57.3. The first-order valence-corrected chi connectivity index (χ1v) is 11.8. The molecule has 13 nitrogen and oxygen atoms in total. The van der Waals surface area contributed by atoms with Crippen LogP contribution in [0.4, 0.5) is 5.69 Å². The predicted octanol–water partition coefficient (Wildman–Crippen LogP) is 0.452. The van der Waals surface area contributed by atoms with E-state index in [4.69, 9.17) is 16.2 Å². The number of aromatic amines is 1. The average molecular weight is 519 g/mol. The predicted molar refractivity (Wildman–Crippen MR) is 133 cm³/mol. The Kier molecular flexibility index (Phi) is 10.8. The Bertz CT molecular complexity index is 1060. The second-order valence-corrected chi connectivity index (χ2v) is 8.91.